The summed E-state index contributed by atoms with van der Waals surface area (Å²) < 4.78 is 0. The molecule has 2 N–H and O–H groups in total. The van der Waals surface area contributed by atoms with Gasteiger partial charge in [-0.1, -0.05) is 6.92 Å². The van der Waals surface area contributed by atoms with Gasteiger partial charge < -0.3 is 10.1 Å². The summed E-state index contributed by atoms with van der Waals surface area (Å²) in [6.45, 7) is 1.88. The fraction of sp³-hybridized carbons (Fsp3) is 0.556. The van der Waals surface area contributed by atoms with Gasteiger partial charge in [-0.05, 0) is 12.3 Å². The molecule has 1 fully saturated rings. The number of hydrogen-bond donors (Lipinski definition) is 2. The SMILES string of the molecule is CC1CC1c1ncc(CO)c(=O)[nH]1. The molecule has 4 heteroatoms. The van der Waals surface area contributed by atoms with Crippen LogP contribution in [0.2, 0.25) is 0 Å². The Balaban J connectivity index is 2.31. The molecule has 2 atom stereocenters. The van der Waals surface area contributed by atoms with Crippen molar-refractivity contribution in [3.05, 3.63) is 27.9 Å². The molecule has 0 amide bonds. The zero-order valence-electron chi connectivity index (χ0n) is 7.45. The molecular weight excluding hydrogens is 168 g/mol. The molecule has 1 heterocycles. The first-order valence-electron chi connectivity index (χ1n) is 4.41. The predicted octanol–water partition coefficient (Wildman–Crippen LogP) is 0.386. The number of aromatic amines is 1. The molecule has 0 aromatic carbocycles. The Morgan fingerprint density at radius 1 is 1.77 bits per heavy atom. The minimum Gasteiger partial charge on any atom is -0.391 e. The fourth-order valence-corrected chi connectivity index (χ4v) is 1.44. The molecule has 0 bridgehead atoms. The minimum absolute atomic E-state index is 0.216. The summed E-state index contributed by atoms with van der Waals surface area (Å²) in [6.07, 6.45) is 2.56. The van der Waals surface area contributed by atoms with E-state index in [0.717, 1.165) is 12.2 Å². The molecule has 1 aliphatic rings. The highest BCUT2D eigenvalue weighted by Gasteiger charge is 2.36. The molecule has 2 unspecified atom stereocenters. The summed E-state index contributed by atoms with van der Waals surface area (Å²) in [6, 6.07) is 0. The van der Waals surface area contributed by atoms with Crippen molar-refractivity contribution >= 4 is 0 Å². The van der Waals surface area contributed by atoms with Gasteiger partial charge in [0, 0.05) is 12.1 Å². The maximum Gasteiger partial charge on any atom is 0.256 e. The lowest BCUT2D eigenvalue weighted by Gasteiger charge is -1.98. The van der Waals surface area contributed by atoms with Crippen molar-refractivity contribution in [3.8, 4) is 0 Å². The van der Waals surface area contributed by atoms with Crippen LogP contribution in [0.25, 0.3) is 0 Å². The molecule has 13 heavy (non-hydrogen) atoms. The second kappa shape index (κ2) is 2.96. The van der Waals surface area contributed by atoms with Gasteiger partial charge in [-0.15, -0.1) is 0 Å². The number of aliphatic hydroxyl groups excluding tert-OH is 1. The molecule has 1 aromatic rings. The van der Waals surface area contributed by atoms with Gasteiger partial charge in [-0.3, -0.25) is 4.79 Å². The van der Waals surface area contributed by atoms with E-state index in [2.05, 4.69) is 16.9 Å². The van der Waals surface area contributed by atoms with Crippen molar-refractivity contribution in [1.29, 1.82) is 0 Å². The lowest BCUT2D eigenvalue weighted by atomic mass is 10.3. The number of rotatable bonds is 2. The van der Waals surface area contributed by atoms with Gasteiger partial charge in [-0.2, -0.15) is 0 Å². The molecule has 4 nitrogen and oxygen atoms in total. The Hall–Kier alpha value is -1.16. The largest absolute Gasteiger partial charge is 0.391 e. The second-order valence-electron chi connectivity index (χ2n) is 3.60. The highest BCUT2D eigenvalue weighted by Crippen LogP contribution is 2.44. The molecule has 0 spiro atoms. The van der Waals surface area contributed by atoms with E-state index < -0.39 is 0 Å². The molecule has 0 aliphatic heterocycles. The highest BCUT2D eigenvalue weighted by atomic mass is 16.3. The molecule has 1 aromatic heterocycles. The van der Waals surface area contributed by atoms with Crippen LogP contribution in [0.4, 0.5) is 0 Å². The number of aliphatic hydroxyl groups is 1. The number of nitrogens with one attached hydrogen (secondary N) is 1. The normalized spacial score (nSPS) is 26.0. The van der Waals surface area contributed by atoms with Crippen molar-refractivity contribution < 1.29 is 5.11 Å². The van der Waals surface area contributed by atoms with E-state index in [4.69, 9.17) is 5.11 Å². The van der Waals surface area contributed by atoms with Crippen LogP contribution in [0.15, 0.2) is 11.0 Å². The zero-order chi connectivity index (χ0) is 9.42. The predicted molar refractivity (Wildman–Crippen MR) is 47.3 cm³/mol. The average molecular weight is 180 g/mol. The van der Waals surface area contributed by atoms with Crippen LogP contribution in [0.5, 0.6) is 0 Å². The number of hydrogen-bond acceptors (Lipinski definition) is 3. The monoisotopic (exact) mass is 180 g/mol. The third-order valence-corrected chi connectivity index (χ3v) is 2.52. The summed E-state index contributed by atoms with van der Waals surface area (Å²) in [5.41, 5.74) is 0.114. The van der Waals surface area contributed by atoms with Crippen LogP contribution >= 0.6 is 0 Å². The van der Waals surface area contributed by atoms with Gasteiger partial charge in [0.25, 0.3) is 5.56 Å². The average Bonchev–Trinajstić information content (AvgIpc) is 2.82. The van der Waals surface area contributed by atoms with Crippen molar-refractivity contribution in [2.45, 2.75) is 25.9 Å². The Bertz CT molecular complexity index is 372. The lowest BCUT2D eigenvalue weighted by Crippen LogP contribution is -2.15. The van der Waals surface area contributed by atoms with Crippen LogP contribution in [-0.2, 0) is 6.61 Å². The van der Waals surface area contributed by atoms with Gasteiger partial charge in [-0.25, -0.2) is 4.98 Å². The van der Waals surface area contributed by atoms with Gasteiger partial charge in [0.2, 0.25) is 0 Å². The van der Waals surface area contributed by atoms with E-state index >= 15 is 0 Å². The summed E-state index contributed by atoms with van der Waals surface area (Å²) >= 11 is 0. The maximum atomic E-state index is 11.3. The van der Waals surface area contributed by atoms with Gasteiger partial charge in [0.15, 0.2) is 0 Å². The Morgan fingerprint density at radius 2 is 2.46 bits per heavy atom. The number of H-pyrrole nitrogens is 1. The Morgan fingerprint density at radius 3 is 2.92 bits per heavy atom. The lowest BCUT2D eigenvalue weighted by molar-refractivity contribution is 0.279. The van der Waals surface area contributed by atoms with Crippen molar-refractivity contribution in [3.63, 3.8) is 0 Å². The van der Waals surface area contributed by atoms with Gasteiger partial charge >= 0.3 is 0 Å². The maximum absolute atomic E-state index is 11.3. The van der Waals surface area contributed by atoms with E-state index in [1.54, 1.807) is 0 Å². The third kappa shape index (κ3) is 1.49. The fourth-order valence-electron chi connectivity index (χ4n) is 1.44. The van der Waals surface area contributed by atoms with Crippen LogP contribution in [0, 0.1) is 5.92 Å². The third-order valence-electron chi connectivity index (χ3n) is 2.52. The minimum atomic E-state index is -0.247. The Labute approximate surface area is 75.6 Å². The first-order valence-corrected chi connectivity index (χ1v) is 4.41. The number of aromatic nitrogens is 2. The summed E-state index contributed by atoms with van der Waals surface area (Å²) in [5, 5.41) is 8.76. The molecule has 1 aliphatic carbocycles. The van der Waals surface area contributed by atoms with E-state index in [1.165, 1.54) is 6.20 Å². The van der Waals surface area contributed by atoms with Crippen molar-refractivity contribution in [1.82, 2.24) is 9.97 Å². The first-order chi connectivity index (χ1) is 6.22. The molecule has 0 radical (unpaired) electrons. The molecule has 0 saturated heterocycles. The summed E-state index contributed by atoms with van der Waals surface area (Å²) in [7, 11) is 0. The van der Waals surface area contributed by atoms with Gasteiger partial charge in [0.05, 0.1) is 12.2 Å². The second-order valence-corrected chi connectivity index (χ2v) is 3.60. The molecule has 2 rings (SSSR count). The quantitative estimate of drug-likeness (QED) is 0.691. The van der Waals surface area contributed by atoms with Crippen molar-refractivity contribution in [2.75, 3.05) is 0 Å². The first kappa shape index (κ1) is 8.44. The van der Waals surface area contributed by atoms with Crippen LogP contribution in [0.1, 0.15) is 30.7 Å². The topological polar surface area (TPSA) is 66.0 Å². The van der Waals surface area contributed by atoms with Crippen molar-refractivity contribution in [2.24, 2.45) is 5.92 Å². The van der Waals surface area contributed by atoms with E-state index in [-0.39, 0.29) is 12.2 Å². The standard InChI is InChI=1S/C9H12N2O2/c1-5-2-7(5)8-10-3-6(4-12)9(13)11-8/h3,5,7,12H,2,4H2,1H3,(H,10,11,13). The Kier molecular flexibility index (Phi) is 1.92. The number of nitrogens with zero attached hydrogens (tertiary/aromatic N) is 1. The van der Waals surface area contributed by atoms with Crippen LogP contribution < -0.4 is 5.56 Å². The van der Waals surface area contributed by atoms with Crippen LogP contribution in [0.3, 0.4) is 0 Å². The summed E-state index contributed by atoms with van der Waals surface area (Å²) in [4.78, 5) is 18.1. The van der Waals surface area contributed by atoms with Gasteiger partial charge in [0.1, 0.15) is 5.82 Å². The summed E-state index contributed by atoms with van der Waals surface area (Å²) in [5.74, 6) is 1.80. The van der Waals surface area contributed by atoms with E-state index in [1.807, 2.05) is 0 Å². The highest BCUT2D eigenvalue weighted by molar-refractivity contribution is 5.12. The van der Waals surface area contributed by atoms with Crippen LogP contribution in [-0.4, -0.2) is 15.1 Å². The van der Waals surface area contributed by atoms with E-state index in [0.29, 0.717) is 17.4 Å². The smallest absolute Gasteiger partial charge is 0.256 e. The zero-order valence-corrected chi connectivity index (χ0v) is 7.45. The molecule has 70 valence electrons. The van der Waals surface area contributed by atoms with E-state index in [9.17, 15) is 4.79 Å². The molecular formula is C9H12N2O2. The molecule has 1 saturated carbocycles.